The zero-order valence-electron chi connectivity index (χ0n) is 37.7. The molecule has 3 aromatic heterocycles. The van der Waals surface area contributed by atoms with Crippen molar-refractivity contribution in [3.63, 3.8) is 0 Å². The van der Waals surface area contributed by atoms with Crippen LogP contribution in [0.2, 0.25) is 0 Å². The Morgan fingerprint density at radius 1 is 0.271 bits per heavy atom. The number of rotatable bonds is 5. The average Bonchev–Trinajstić information content (AvgIpc) is 4.01. The van der Waals surface area contributed by atoms with Gasteiger partial charge in [0.15, 0.2) is 0 Å². The highest BCUT2D eigenvalue weighted by Crippen LogP contribution is 2.44. The molecule has 0 bridgehead atoms. The number of fused-ring (bicyclic) bond motifs is 14. The first-order chi connectivity index (χ1) is 34.7. The van der Waals surface area contributed by atoms with Crippen molar-refractivity contribution in [3.8, 4) is 55.8 Å². The smallest absolute Gasteiger partial charge is 0.143 e. The minimum atomic E-state index is 0.773. The summed E-state index contributed by atoms with van der Waals surface area (Å²) >= 11 is 0. The first-order valence-corrected chi connectivity index (χ1v) is 23.8. The van der Waals surface area contributed by atoms with Crippen molar-refractivity contribution in [2.24, 2.45) is 0 Å². The molecule has 0 amide bonds. The molecule has 0 spiro atoms. The van der Waals surface area contributed by atoms with E-state index in [4.69, 9.17) is 18.8 Å². The number of hydrogen-bond donors (Lipinski definition) is 0. The lowest BCUT2D eigenvalue weighted by atomic mass is 9.91. The van der Waals surface area contributed by atoms with E-state index in [0.717, 1.165) is 121 Å². The minimum absolute atomic E-state index is 0.773. The summed E-state index contributed by atoms with van der Waals surface area (Å²) in [6.45, 7) is 0. The zero-order chi connectivity index (χ0) is 45.9. The third-order valence-electron chi connectivity index (χ3n) is 14.5. The Balaban J connectivity index is 0.989. The van der Waals surface area contributed by atoms with Crippen LogP contribution >= 0.6 is 0 Å². The lowest BCUT2D eigenvalue weighted by Crippen LogP contribution is -1.94. The number of hydrogen-bond acceptors (Lipinski definition) is 4. The fourth-order valence-corrected chi connectivity index (χ4v) is 11.2. The van der Waals surface area contributed by atoms with E-state index in [1.165, 1.54) is 32.7 Å². The molecule has 324 valence electrons. The number of benzene rings is 12. The molecule has 15 aromatic rings. The summed E-state index contributed by atoms with van der Waals surface area (Å²) in [5.41, 5.74) is 15.6. The van der Waals surface area contributed by atoms with E-state index in [-0.39, 0.29) is 0 Å². The SMILES string of the molecule is c1ccc2c(-c3ccc4c(c3)c3cc(-c5cccc6ccccc56)ccc3c3nc(-c5cc(-c6cccc7c6oc6ccccc67)cc(-c6cccc7c6oc6ccccc67)c5)cnc43)cccc2c1. The molecule has 0 aliphatic heterocycles. The topological polar surface area (TPSA) is 52.1 Å². The van der Waals surface area contributed by atoms with Crippen molar-refractivity contribution in [1.29, 1.82) is 0 Å². The Hall–Kier alpha value is -9.38. The maximum atomic E-state index is 6.66. The third-order valence-corrected chi connectivity index (χ3v) is 14.5. The van der Waals surface area contributed by atoms with Gasteiger partial charge in [-0.2, -0.15) is 0 Å². The molecule has 0 unspecified atom stereocenters. The highest BCUT2D eigenvalue weighted by molar-refractivity contribution is 6.25. The van der Waals surface area contributed by atoms with E-state index < -0.39 is 0 Å². The molecule has 4 nitrogen and oxygen atoms in total. The number of furan rings is 2. The first-order valence-electron chi connectivity index (χ1n) is 23.8. The molecular formula is C66H38N2O2. The molecule has 15 rings (SSSR count). The summed E-state index contributed by atoms with van der Waals surface area (Å²) < 4.78 is 13.3. The minimum Gasteiger partial charge on any atom is -0.455 e. The maximum Gasteiger partial charge on any atom is 0.143 e. The molecule has 0 N–H and O–H groups in total. The average molecular weight is 891 g/mol. The zero-order valence-corrected chi connectivity index (χ0v) is 37.7. The van der Waals surface area contributed by atoms with Gasteiger partial charge in [-0.3, -0.25) is 4.98 Å². The van der Waals surface area contributed by atoms with Crippen LogP contribution in [0.3, 0.4) is 0 Å². The van der Waals surface area contributed by atoms with Gasteiger partial charge in [0, 0.05) is 49.0 Å². The van der Waals surface area contributed by atoms with E-state index in [9.17, 15) is 0 Å². The lowest BCUT2D eigenvalue weighted by Gasteiger charge is -2.15. The Morgan fingerprint density at radius 3 is 1.26 bits per heavy atom. The van der Waals surface area contributed by atoms with Crippen LogP contribution in [0.1, 0.15) is 0 Å². The van der Waals surface area contributed by atoms with Gasteiger partial charge in [0.1, 0.15) is 22.3 Å². The summed E-state index contributed by atoms with van der Waals surface area (Å²) in [4.78, 5) is 11.0. The Labute approximate surface area is 401 Å². The molecule has 0 saturated carbocycles. The molecule has 0 fully saturated rings. The summed E-state index contributed by atoms with van der Waals surface area (Å²) in [5, 5.41) is 13.6. The van der Waals surface area contributed by atoms with E-state index in [1.807, 2.05) is 30.5 Å². The molecule has 0 saturated heterocycles. The standard InChI is InChI=1S/C66H38N2O2/c1-3-17-46-39(13-1)15-9-21-48(46)41-29-31-54-58(36-41)59-37-42(49-22-10-16-40-14-2-4-18-47(40)49)30-32-55(59)64-63(54)67-38-60(68-64)45-34-43(50-23-11-25-56-52-19-5-7-27-61(52)69-65(50)56)33-44(35-45)51-24-12-26-57-53-20-6-8-28-62(53)70-66(51)57/h1-38H. The van der Waals surface area contributed by atoms with Crippen LogP contribution in [0.4, 0.5) is 0 Å². The second-order valence-corrected chi connectivity index (χ2v) is 18.4. The van der Waals surface area contributed by atoms with E-state index in [1.54, 1.807) is 0 Å². The number of aromatic nitrogens is 2. The van der Waals surface area contributed by atoms with Crippen molar-refractivity contribution in [2.45, 2.75) is 0 Å². The third kappa shape index (κ3) is 5.90. The van der Waals surface area contributed by atoms with Crippen LogP contribution in [-0.4, -0.2) is 9.97 Å². The van der Waals surface area contributed by atoms with Gasteiger partial charge in [0.25, 0.3) is 0 Å². The molecule has 4 heteroatoms. The highest BCUT2D eigenvalue weighted by Gasteiger charge is 2.20. The van der Waals surface area contributed by atoms with E-state index in [0.29, 0.717) is 0 Å². The maximum absolute atomic E-state index is 6.66. The molecule has 0 radical (unpaired) electrons. The molecular weight excluding hydrogens is 853 g/mol. The monoisotopic (exact) mass is 890 g/mol. The van der Waals surface area contributed by atoms with Gasteiger partial charge < -0.3 is 8.83 Å². The van der Waals surface area contributed by atoms with Gasteiger partial charge in [0.2, 0.25) is 0 Å². The Bertz CT molecular complexity index is 4530. The van der Waals surface area contributed by atoms with Crippen molar-refractivity contribution in [2.75, 3.05) is 0 Å². The van der Waals surface area contributed by atoms with Crippen molar-refractivity contribution >= 4 is 98.0 Å². The van der Waals surface area contributed by atoms with Gasteiger partial charge in [0.05, 0.1) is 22.9 Å². The van der Waals surface area contributed by atoms with E-state index in [2.05, 4.69) is 200 Å². The fourth-order valence-electron chi connectivity index (χ4n) is 11.2. The van der Waals surface area contributed by atoms with Crippen molar-refractivity contribution < 1.29 is 8.83 Å². The van der Waals surface area contributed by atoms with Gasteiger partial charge in [-0.05, 0) is 108 Å². The Kier molecular flexibility index (Phi) is 8.33. The predicted molar refractivity (Wildman–Crippen MR) is 291 cm³/mol. The quantitative estimate of drug-likeness (QED) is 0.162. The summed E-state index contributed by atoms with van der Waals surface area (Å²) in [7, 11) is 0. The Morgan fingerprint density at radius 2 is 0.700 bits per heavy atom. The van der Waals surface area contributed by atoms with Gasteiger partial charge in [-0.1, -0.05) is 182 Å². The predicted octanol–water partition coefficient (Wildman–Crippen LogP) is 18.4. The van der Waals surface area contributed by atoms with Gasteiger partial charge >= 0.3 is 0 Å². The fraction of sp³-hybridized carbons (Fsp3) is 0. The van der Waals surface area contributed by atoms with Crippen LogP contribution in [0.15, 0.2) is 239 Å². The van der Waals surface area contributed by atoms with Crippen LogP contribution in [0.5, 0.6) is 0 Å². The second kappa shape index (κ2) is 15.1. The van der Waals surface area contributed by atoms with Crippen LogP contribution < -0.4 is 0 Å². The summed E-state index contributed by atoms with van der Waals surface area (Å²) in [5.74, 6) is 0. The van der Waals surface area contributed by atoms with Crippen LogP contribution in [0.25, 0.3) is 154 Å². The van der Waals surface area contributed by atoms with Gasteiger partial charge in [-0.15, -0.1) is 0 Å². The highest BCUT2D eigenvalue weighted by atomic mass is 16.3. The summed E-state index contributed by atoms with van der Waals surface area (Å²) in [6.07, 6.45) is 1.95. The largest absolute Gasteiger partial charge is 0.455 e. The lowest BCUT2D eigenvalue weighted by molar-refractivity contribution is 0.670. The molecule has 0 aliphatic carbocycles. The second-order valence-electron chi connectivity index (χ2n) is 18.4. The van der Waals surface area contributed by atoms with Crippen molar-refractivity contribution in [3.05, 3.63) is 231 Å². The molecule has 3 heterocycles. The molecule has 0 atom stereocenters. The molecule has 0 aliphatic rings. The summed E-state index contributed by atoms with van der Waals surface area (Å²) in [6, 6.07) is 80.2. The van der Waals surface area contributed by atoms with Crippen LogP contribution in [0, 0.1) is 0 Å². The van der Waals surface area contributed by atoms with Gasteiger partial charge in [-0.25, -0.2) is 4.98 Å². The first kappa shape index (κ1) is 38.7. The normalized spacial score (nSPS) is 12.0. The van der Waals surface area contributed by atoms with Crippen molar-refractivity contribution in [1.82, 2.24) is 9.97 Å². The molecule has 12 aromatic carbocycles. The number of nitrogens with zero attached hydrogens (tertiary/aromatic N) is 2. The molecule has 70 heavy (non-hydrogen) atoms. The van der Waals surface area contributed by atoms with Crippen LogP contribution in [-0.2, 0) is 0 Å². The number of para-hydroxylation sites is 4. The van der Waals surface area contributed by atoms with E-state index >= 15 is 0 Å².